The number of hydrogen-bond acceptors (Lipinski definition) is 9. The lowest BCUT2D eigenvalue weighted by atomic mass is 10.1. The number of nitrogens with zero attached hydrogens (tertiary/aromatic N) is 6. The van der Waals surface area contributed by atoms with Gasteiger partial charge in [-0.1, -0.05) is 12.6 Å². The third kappa shape index (κ3) is 4.24. The van der Waals surface area contributed by atoms with Gasteiger partial charge in [0.15, 0.2) is 11.4 Å². The van der Waals surface area contributed by atoms with Crippen LogP contribution in [0.15, 0.2) is 73.8 Å². The first-order chi connectivity index (χ1) is 16.5. The van der Waals surface area contributed by atoms with Gasteiger partial charge in [0.05, 0.1) is 5.52 Å². The molecular formula is C24H19N7O3. The summed E-state index contributed by atoms with van der Waals surface area (Å²) in [4.78, 5) is 24.8. The zero-order chi connectivity index (χ0) is 23.7. The molecule has 0 saturated heterocycles. The number of hydrogen-bond donors (Lipinski definition) is 2. The molecule has 168 valence electrons. The van der Waals surface area contributed by atoms with Crippen LogP contribution in [0.2, 0.25) is 0 Å². The molecule has 0 aliphatic heterocycles. The second kappa shape index (κ2) is 8.58. The van der Waals surface area contributed by atoms with Crippen molar-refractivity contribution in [2.45, 2.75) is 13.3 Å². The second-order valence-corrected chi connectivity index (χ2v) is 7.65. The van der Waals surface area contributed by atoms with Crippen molar-refractivity contribution in [3.63, 3.8) is 0 Å². The Hall–Kier alpha value is -4.86. The summed E-state index contributed by atoms with van der Waals surface area (Å²) in [6.07, 6.45) is 4.67. The fourth-order valence-corrected chi connectivity index (χ4v) is 3.46. The summed E-state index contributed by atoms with van der Waals surface area (Å²) in [6.45, 7) is 5.22. The molecule has 0 unspecified atom stereocenters. The molecule has 0 aliphatic rings. The van der Waals surface area contributed by atoms with Gasteiger partial charge < -0.3 is 15.2 Å². The van der Waals surface area contributed by atoms with Gasteiger partial charge >= 0.3 is 0 Å². The molecule has 10 heteroatoms. The standard InChI is InChI=1S/C24H19N7O3/c1-14-7-17(4-6-21(14)34-23-10-22-30-28-13-31(22)12-27-23)29-24-18-8-16(9-20(33)15(2)32)3-5-19(18)25-11-26-24/h3-8,10-13,32H,2,9H2,1H3,(H,25,26,29). The summed E-state index contributed by atoms with van der Waals surface area (Å²) in [5.41, 5.74) is 3.78. The average Bonchev–Trinajstić information content (AvgIpc) is 3.29. The van der Waals surface area contributed by atoms with E-state index in [0.29, 0.717) is 23.1 Å². The Morgan fingerprint density at radius 1 is 1.12 bits per heavy atom. The van der Waals surface area contributed by atoms with Crippen molar-refractivity contribution in [1.29, 1.82) is 0 Å². The van der Waals surface area contributed by atoms with Gasteiger partial charge in [-0.15, -0.1) is 10.2 Å². The zero-order valence-corrected chi connectivity index (χ0v) is 18.1. The lowest BCUT2D eigenvalue weighted by Crippen LogP contribution is -2.05. The summed E-state index contributed by atoms with van der Waals surface area (Å²) in [5.74, 6) is 0.763. The maximum atomic E-state index is 11.9. The van der Waals surface area contributed by atoms with Crippen molar-refractivity contribution in [2.24, 2.45) is 0 Å². The minimum absolute atomic E-state index is 0.0411. The number of aryl methyl sites for hydroxylation is 1. The van der Waals surface area contributed by atoms with Crippen molar-refractivity contribution >= 4 is 33.8 Å². The normalized spacial score (nSPS) is 11.0. The van der Waals surface area contributed by atoms with Crippen LogP contribution in [0.5, 0.6) is 11.6 Å². The number of ketones is 1. The van der Waals surface area contributed by atoms with Crippen LogP contribution in [-0.2, 0) is 11.2 Å². The number of Topliss-reactive ketones (excluding diaryl/α,β-unsaturated/α-hetero) is 1. The summed E-state index contributed by atoms with van der Waals surface area (Å²) < 4.78 is 7.62. The van der Waals surface area contributed by atoms with Crippen molar-refractivity contribution in [2.75, 3.05) is 5.32 Å². The van der Waals surface area contributed by atoms with Crippen molar-refractivity contribution in [3.05, 3.63) is 84.9 Å². The quantitative estimate of drug-likeness (QED) is 0.276. The van der Waals surface area contributed by atoms with E-state index < -0.39 is 11.5 Å². The highest BCUT2D eigenvalue weighted by Crippen LogP contribution is 2.29. The van der Waals surface area contributed by atoms with Crippen LogP contribution in [0.3, 0.4) is 0 Å². The third-order valence-electron chi connectivity index (χ3n) is 5.20. The fraction of sp³-hybridized carbons (Fsp3) is 0.0833. The van der Waals surface area contributed by atoms with Crippen molar-refractivity contribution in [1.82, 2.24) is 29.5 Å². The molecule has 0 aliphatic carbocycles. The molecule has 2 aromatic carbocycles. The largest absolute Gasteiger partial charge is 0.505 e. The van der Waals surface area contributed by atoms with Gasteiger partial charge in [-0.05, 0) is 48.4 Å². The molecule has 34 heavy (non-hydrogen) atoms. The second-order valence-electron chi connectivity index (χ2n) is 7.65. The number of allylic oxidation sites excluding steroid dienone is 1. The third-order valence-corrected chi connectivity index (χ3v) is 5.20. The number of aromatic nitrogens is 6. The molecule has 10 nitrogen and oxygen atoms in total. The Morgan fingerprint density at radius 2 is 2.00 bits per heavy atom. The highest BCUT2D eigenvalue weighted by molar-refractivity contribution is 5.96. The van der Waals surface area contributed by atoms with Crippen LogP contribution in [0.25, 0.3) is 16.6 Å². The number of anilines is 2. The number of aliphatic hydroxyl groups is 1. The number of aliphatic hydroxyl groups excluding tert-OH is 1. The molecule has 5 rings (SSSR count). The Kier molecular flexibility index (Phi) is 5.30. The first-order valence-corrected chi connectivity index (χ1v) is 10.3. The number of ether oxygens (including phenoxy) is 1. The minimum atomic E-state index is -0.461. The van der Waals surface area contributed by atoms with Gasteiger partial charge in [-0.3, -0.25) is 9.20 Å². The monoisotopic (exact) mass is 453 g/mol. The number of fused-ring (bicyclic) bond motifs is 2. The maximum Gasteiger partial charge on any atom is 0.224 e. The van der Waals surface area contributed by atoms with E-state index in [9.17, 15) is 9.90 Å². The number of benzene rings is 2. The molecule has 0 saturated carbocycles. The summed E-state index contributed by atoms with van der Waals surface area (Å²) in [7, 11) is 0. The molecule has 2 N–H and O–H groups in total. The van der Waals surface area contributed by atoms with Crippen LogP contribution in [0.4, 0.5) is 11.5 Å². The van der Waals surface area contributed by atoms with E-state index in [1.165, 1.54) is 6.33 Å². The SMILES string of the molecule is C=C(O)C(=O)Cc1ccc2ncnc(Nc3ccc(Oc4cc5nncn5cn4)c(C)c3)c2c1. The molecule has 0 bridgehead atoms. The molecular weight excluding hydrogens is 434 g/mol. The van der Waals surface area contributed by atoms with Crippen LogP contribution in [0.1, 0.15) is 11.1 Å². The summed E-state index contributed by atoms with van der Waals surface area (Å²) in [6, 6.07) is 12.8. The van der Waals surface area contributed by atoms with Gasteiger partial charge in [-0.25, -0.2) is 15.0 Å². The van der Waals surface area contributed by atoms with Crippen LogP contribution in [0, 0.1) is 6.92 Å². The highest BCUT2D eigenvalue weighted by Gasteiger charge is 2.11. The van der Waals surface area contributed by atoms with E-state index in [0.717, 1.165) is 27.7 Å². The average molecular weight is 453 g/mol. The number of carbonyl (C=O) groups is 1. The predicted octanol–water partition coefficient (Wildman–Crippen LogP) is 4.10. The topological polar surface area (TPSA) is 127 Å². The summed E-state index contributed by atoms with van der Waals surface area (Å²) >= 11 is 0. The fourth-order valence-electron chi connectivity index (χ4n) is 3.46. The smallest absolute Gasteiger partial charge is 0.224 e. The molecule has 3 aromatic heterocycles. The highest BCUT2D eigenvalue weighted by atomic mass is 16.5. The zero-order valence-electron chi connectivity index (χ0n) is 18.1. The van der Waals surface area contributed by atoms with Crippen LogP contribution >= 0.6 is 0 Å². The number of rotatable bonds is 7. The Bertz CT molecular complexity index is 1560. The van der Waals surface area contributed by atoms with E-state index in [4.69, 9.17) is 4.74 Å². The molecule has 0 spiro atoms. The van der Waals surface area contributed by atoms with Gasteiger partial charge in [-0.2, -0.15) is 0 Å². The van der Waals surface area contributed by atoms with Gasteiger partial charge in [0.1, 0.15) is 30.5 Å². The van der Waals surface area contributed by atoms with Crippen LogP contribution in [-0.4, -0.2) is 40.4 Å². The molecule has 0 atom stereocenters. The van der Waals surface area contributed by atoms with E-state index in [1.807, 2.05) is 37.3 Å². The molecule has 5 aromatic rings. The van der Waals surface area contributed by atoms with Gasteiger partial charge in [0.25, 0.3) is 0 Å². The first kappa shape index (κ1) is 21.0. The molecule has 3 heterocycles. The Morgan fingerprint density at radius 3 is 2.82 bits per heavy atom. The molecule has 0 amide bonds. The van der Waals surface area contributed by atoms with E-state index in [1.54, 1.807) is 29.2 Å². The maximum absolute atomic E-state index is 11.9. The lowest BCUT2D eigenvalue weighted by molar-refractivity contribution is -0.117. The van der Waals surface area contributed by atoms with Crippen molar-refractivity contribution < 1.29 is 14.6 Å². The summed E-state index contributed by atoms with van der Waals surface area (Å²) in [5, 5.41) is 21.2. The van der Waals surface area contributed by atoms with E-state index >= 15 is 0 Å². The van der Waals surface area contributed by atoms with E-state index in [-0.39, 0.29) is 6.42 Å². The predicted molar refractivity (Wildman–Crippen MR) is 125 cm³/mol. The Labute approximate surface area is 193 Å². The molecule has 0 fully saturated rings. The molecule has 0 radical (unpaired) electrons. The van der Waals surface area contributed by atoms with Gasteiger partial charge in [0, 0.05) is 23.6 Å². The Balaban J connectivity index is 1.39. The van der Waals surface area contributed by atoms with Crippen LogP contribution < -0.4 is 10.1 Å². The lowest BCUT2D eigenvalue weighted by Gasteiger charge is -2.12. The number of nitrogens with one attached hydrogen (secondary N) is 1. The van der Waals surface area contributed by atoms with E-state index in [2.05, 4.69) is 37.0 Å². The van der Waals surface area contributed by atoms with Crippen molar-refractivity contribution in [3.8, 4) is 11.6 Å². The minimum Gasteiger partial charge on any atom is -0.505 e. The van der Waals surface area contributed by atoms with Gasteiger partial charge in [0.2, 0.25) is 11.7 Å². The number of carbonyl (C=O) groups excluding carboxylic acids is 1. The first-order valence-electron chi connectivity index (χ1n) is 10.3.